The van der Waals surface area contributed by atoms with Crippen LogP contribution in [0.15, 0.2) is 24.3 Å². The molecule has 1 unspecified atom stereocenters. The van der Waals surface area contributed by atoms with Crippen molar-refractivity contribution in [3.8, 4) is 5.75 Å². The van der Waals surface area contributed by atoms with Crippen molar-refractivity contribution in [1.82, 2.24) is 0 Å². The van der Waals surface area contributed by atoms with E-state index in [1.807, 2.05) is 60.6 Å². The van der Waals surface area contributed by atoms with Crippen molar-refractivity contribution >= 4 is 6.29 Å². The van der Waals surface area contributed by atoms with Crippen LogP contribution in [0.5, 0.6) is 5.75 Å². The van der Waals surface area contributed by atoms with Gasteiger partial charge in [0.25, 0.3) is 0 Å². The molecule has 1 atom stereocenters. The Bertz CT molecular complexity index is 308. The van der Waals surface area contributed by atoms with E-state index in [0.29, 0.717) is 12.5 Å². The second kappa shape index (κ2) is 21.0. The zero-order valence-corrected chi connectivity index (χ0v) is 15.4. The molecule has 0 saturated heterocycles. The van der Waals surface area contributed by atoms with Crippen molar-refractivity contribution in [2.24, 2.45) is 0 Å². The van der Waals surface area contributed by atoms with Crippen molar-refractivity contribution in [3.05, 3.63) is 29.8 Å². The molecule has 2 nitrogen and oxygen atoms in total. The summed E-state index contributed by atoms with van der Waals surface area (Å²) in [5.74, 6) is 1.08. The largest absolute Gasteiger partial charge is 0.490 e. The minimum Gasteiger partial charge on any atom is -0.490 e. The molecule has 21 heavy (non-hydrogen) atoms. The lowest BCUT2D eigenvalue weighted by atomic mass is 10.0. The van der Waals surface area contributed by atoms with Crippen molar-refractivity contribution in [1.29, 1.82) is 0 Å². The number of aldehydes is 1. The Hall–Kier alpha value is -1.31. The Morgan fingerprint density at radius 1 is 1.10 bits per heavy atom. The van der Waals surface area contributed by atoms with E-state index >= 15 is 0 Å². The summed E-state index contributed by atoms with van der Waals surface area (Å²) in [5, 5.41) is 0. The Morgan fingerprint density at radius 2 is 1.57 bits per heavy atom. The average Bonchev–Trinajstić information content (AvgIpc) is 2.60. The lowest BCUT2D eigenvalue weighted by molar-refractivity contribution is -0.107. The molecule has 0 N–H and O–H groups in total. The maximum Gasteiger partial charge on any atom is 0.122 e. The lowest BCUT2D eigenvalue weighted by Gasteiger charge is -2.22. The molecule has 0 aromatic heterocycles. The van der Waals surface area contributed by atoms with E-state index in [-0.39, 0.29) is 0 Å². The predicted molar refractivity (Wildman–Crippen MR) is 95.3 cm³/mol. The number of hydrogen-bond acceptors (Lipinski definition) is 2. The number of fused-ring (bicyclic) bond motifs is 1. The van der Waals surface area contributed by atoms with Crippen molar-refractivity contribution in [2.75, 3.05) is 0 Å². The third-order valence-electron chi connectivity index (χ3n) is 2.29. The number of benzene rings is 1. The van der Waals surface area contributed by atoms with E-state index in [2.05, 4.69) is 19.1 Å². The van der Waals surface area contributed by atoms with Gasteiger partial charge < -0.3 is 9.53 Å². The first kappa shape index (κ1) is 24.7. The van der Waals surface area contributed by atoms with Gasteiger partial charge in [-0.25, -0.2) is 0 Å². The molecule has 2 heteroatoms. The fraction of sp³-hybridized carbons (Fsp3) is 0.632. The van der Waals surface area contributed by atoms with E-state index in [1.54, 1.807) is 0 Å². The molecule has 1 aliphatic heterocycles. The molecule has 0 amide bonds. The smallest absolute Gasteiger partial charge is 0.122 e. The molecule has 1 aliphatic rings. The zero-order valence-electron chi connectivity index (χ0n) is 15.4. The van der Waals surface area contributed by atoms with E-state index in [0.717, 1.165) is 24.9 Å². The molecule has 2 rings (SSSR count). The summed E-state index contributed by atoms with van der Waals surface area (Å²) in [5.41, 5.74) is 1.35. The van der Waals surface area contributed by atoms with Gasteiger partial charge in [-0.05, 0) is 31.4 Å². The second-order valence-corrected chi connectivity index (χ2v) is 3.65. The van der Waals surface area contributed by atoms with Crippen molar-refractivity contribution < 1.29 is 9.53 Å². The fourth-order valence-electron chi connectivity index (χ4n) is 1.46. The van der Waals surface area contributed by atoms with Crippen LogP contribution in [-0.4, -0.2) is 12.4 Å². The summed E-state index contributed by atoms with van der Waals surface area (Å²) in [7, 11) is 0. The molecule has 1 heterocycles. The third kappa shape index (κ3) is 13.4. The van der Waals surface area contributed by atoms with Crippen LogP contribution in [0.3, 0.4) is 0 Å². The topological polar surface area (TPSA) is 26.3 Å². The van der Waals surface area contributed by atoms with Gasteiger partial charge in [-0.2, -0.15) is 0 Å². The maximum absolute atomic E-state index is 9.17. The van der Waals surface area contributed by atoms with Crippen LogP contribution >= 0.6 is 0 Å². The van der Waals surface area contributed by atoms with Gasteiger partial charge in [-0.1, -0.05) is 66.7 Å². The number of carbonyl (C=O) groups excluding carboxylic acids is 1. The highest BCUT2D eigenvalue weighted by atomic mass is 16.5. The lowest BCUT2D eigenvalue weighted by Crippen LogP contribution is -2.18. The van der Waals surface area contributed by atoms with E-state index < -0.39 is 0 Å². The highest BCUT2D eigenvalue weighted by Crippen LogP contribution is 2.26. The minimum absolute atomic E-state index is 0.393. The van der Waals surface area contributed by atoms with Gasteiger partial charge in [0, 0.05) is 6.42 Å². The molecule has 0 fully saturated rings. The summed E-state index contributed by atoms with van der Waals surface area (Å²) >= 11 is 0. The van der Waals surface area contributed by atoms with Gasteiger partial charge in [0.05, 0.1) is 6.10 Å². The van der Waals surface area contributed by atoms with Gasteiger partial charge >= 0.3 is 0 Å². The summed E-state index contributed by atoms with van der Waals surface area (Å²) < 4.78 is 5.63. The molecule has 0 bridgehead atoms. The molecule has 0 saturated carbocycles. The predicted octanol–water partition coefficient (Wildman–Crippen LogP) is 6.07. The molecular weight excluding hydrogens is 260 g/mol. The summed E-state index contributed by atoms with van der Waals surface area (Å²) in [6, 6.07) is 8.28. The highest BCUT2D eigenvalue weighted by molar-refractivity contribution is 5.48. The first-order chi connectivity index (χ1) is 10.3. The van der Waals surface area contributed by atoms with Crippen LogP contribution < -0.4 is 4.74 Å². The molecule has 0 radical (unpaired) electrons. The number of ether oxygens (including phenoxy) is 1. The number of carbonyl (C=O) groups is 1. The van der Waals surface area contributed by atoms with Crippen LogP contribution in [0, 0.1) is 0 Å². The first-order valence-electron chi connectivity index (χ1n) is 8.46. The van der Waals surface area contributed by atoms with Gasteiger partial charge in [0.15, 0.2) is 0 Å². The minimum atomic E-state index is 0.393. The number of para-hydroxylation sites is 1. The third-order valence-corrected chi connectivity index (χ3v) is 2.29. The van der Waals surface area contributed by atoms with Gasteiger partial charge in [0.2, 0.25) is 0 Å². The Kier molecular flexibility index (Phi) is 24.7. The second-order valence-electron chi connectivity index (χ2n) is 3.65. The summed E-state index contributed by atoms with van der Waals surface area (Å²) in [6.07, 6.45) is 4.22. The standard InChI is InChI=1S/C10H12O.C3H6O.3C2H6/c1-8-6-7-9-4-2-3-5-10(9)11-8;1-2-3-4;3*1-2/h2-5,8H,6-7H2,1H3;3H,2H2,1H3;3*1-2H3. The maximum atomic E-state index is 9.17. The average molecular weight is 296 g/mol. The highest BCUT2D eigenvalue weighted by Gasteiger charge is 2.13. The zero-order chi connectivity index (χ0) is 17.1. The normalized spacial score (nSPS) is 13.6. The van der Waals surface area contributed by atoms with Crippen LogP contribution in [0.1, 0.15) is 73.8 Å². The summed E-state index contributed by atoms with van der Waals surface area (Å²) in [4.78, 5) is 9.17. The molecule has 124 valence electrons. The Labute approximate surface area is 132 Å². The van der Waals surface area contributed by atoms with Crippen LogP contribution in [0.4, 0.5) is 0 Å². The van der Waals surface area contributed by atoms with E-state index in [4.69, 9.17) is 4.74 Å². The number of rotatable bonds is 1. The molecule has 0 spiro atoms. The molecule has 0 aliphatic carbocycles. The van der Waals surface area contributed by atoms with E-state index in [1.165, 1.54) is 5.56 Å². The molecular formula is C19H36O2. The molecule has 1 aromatic carbocycles. The van der Waals surface area contributed by atoms with Gasteiger partial charge in [0.1, 0.15) is 12.0 Å². The monoisotopic (exact) mass is 296 g/mol. The van der Waals surface area contributed by atoms with Crippen LogP contribution in [-0.2, 0) is 11.2 Å². The number of aryl methyl sites for hydroxylation is 1. The molecule has 1 aromatic rings. The van der Waals surface area contributed by atoms with Gasteiger partial charge in [-0.15, -0.1) is 0 Å². The SMILES string of the molecule is CC.CC.CC.CC1CCc2ccccc2O1.CCC=O. The number of hydrogen-bond donors (Lipinski definition) is 0. The van der Waals surface area contributed by atoms with Gasteiger partial charge in [-0.3, -0.25) is 0 Å². The van der Waals surface area contributed by atoms with Crippen LogP contribution in [0.25, 0.3) is 0 Å². The quantitative estimate of drug-likeness (QED) is 0.587. The summed E-state index contributed by atoms with van der Waals surface area (Å²) in [6.45, 7) is 15.9. The Balaban J connectivity index is -0.000000276. The fourth-order valence-corrected chi connectivity index (χ4v) is 1.46. The van der Waals surface area contributed by atoms with Crippen molar-refractivity contribution in [2.45, 2.75) is 80.8 Å². The Morgan fingerprint density at radius 3 is 2.05 bits per heavy atom. The van der Waals surface area contributed by atoms with Crippen molar-refractivity contribution in [3.63, 3.8) is 0 Å². The first-order valence-corrected chi connectivity index (χ1v) is 8.46. The van der Waals surface area contributed by atoms with E-state index in [9.17, 15) is 4.79 Å². The van der Waals surface area contributed by atoms with Crippen LogP contribution in [0.2, 0.25) is 0 Å².